The summed E-state index contributed by atoms with van der Waals surface area (Å²) in [7, 11) is 0. The van der Waals surface area contributed by atoms with Gasteiger partial charge in [0.25, 0.3) is 0 Å². The first-order chi connectivity index (χ1) is 9.45. The minimum absolute atomic E-state index is 0.495. The standard InChI is InChI=1S/C14H17N5O/c1-9-16-10-6-4-5-7-11(10)19(9)8-12-17-13(18-20-12)14(2,3)15/h4-7H,8,15H2,1-3H3. The van der Waals surface area contributed by atoms with E-state index in [9.17, 15) is 0 Å². The number of imidazole rings is 1. The van der Waals surface area contributed by atoms with Crippen LogP contribution in [0.5, 0.6) is 0 Å². The molecule has 0 fully saturated rings. The summed E-state index contributed by atoms with van der Waals surface area (Å²) in [6, 6.07) is 7.98. The van der Waals surface area contributed by atoms with Crippen LogP contribution in [0.15, 0.2) is 28.8 Å². The number of aromatic nitrogens is 4. The summed E-state index contributed by atoms with van der Waals surface area (Å²) in [5.41, 5.74) is 7.37. The monoisotopic (exact) mass is 271 g/mol. The Morgan fingerprint density at radius 2 is 2.00 bits per heavy atom. The maximum atomic E-state index is 5.96. The number of nitrogens with zero attached hydrogens (tertiary/aromatic N) is 4. The first-order valence-electron chi connectivity index (χ1n) is 6.49. The van der Waals surface area contributed by atoms with Gasteiger partial charge in [-0.2, -0.15) is 4.98 Å². The van der Waals surface area contributed by atoms with Crippen molar-refractivity contribution in [3.63, 3.8) is 0 Å². The molecule has 0 spiro atoms. The molecule has 0 aliphatic rings. The molecule has 0 bridgehead atoms. The van der Waals surface area contributed by atoms with E-state index in [0.29, 0.717) is 18.3 Å². The number of benzene rings is 1. The average molecular weight is 271 g/mol. The second-order valence-electron chi connectivity index (χ2n) is 5.47. The van der Waals surface area contributed by atoms with Crippen LogP contribution in [0.2, 0.25) is 0 Å². The number of rotatable bonds is 3. The lowest BCUT2D eigenvalue weighted by atomic mass is 10.1. The first kappa shape index (κ1) is 12.8. The molecule has 0 unspecified atom stereocenters. The third-order valence-corrected chi connectivity index (χ3v) is 3.18. The molecule has 0 radical (unpaired) electrons. The minimum Gasteiger partial charge on any atom is -0.337 e. The number of para-hydroxylation sites is 2. The molecule has 1 aromatic carbocycles. The van der Waals surface area contributed by atoms with Crippen molar-refractivity contribution >= 4 is 11.0 Å². The summed E-state index contributed by atoms with van der Waals surface area (Å²) in [6.07, 6.45) is 0. The topological polar surface area (TPSA) is 82.8 Å². The van der Waals surface area contributed by atoms with Crippen molar-refractivity contribution in [2.45, 2.75) is 32.9 Å². The summed E-state index contributed by atoms with van der Waals surface area (Å²) in [5.74, 6) is 1.96. The Balaban J connectivity index is 1.97. The summed E-state index contributed by atoms with van der Waals surface area (Å²) < 4.78 is 7.33. The fourth-order valence-corrected chi connectivity index (χ4v) is 2.11. The zero-order chi connectivity index (χ0) is 14.3. The molecular formula is C14H17N5O. The van der Waals surface area contributed by atoms with Gasteiger partial charge in [0.1, 0.15) is 12.4 Å². The number of aryl methyl sites for hydroxylation is 1. The van der Waals surface area contributed by atoms with Gasteiger partial charge >= 0.3 is 0 Å². The van der Waals surface area contributed by atoms with Crippen molar-refractivity contribution in [3.8, 4) is 0 Å². The van der Waals surface area contributed by atoms with Gasteiger partial charge < -0.3 is 14.8 Å². The lowest BCUT2D eigenvalue weighted by Crippen LogP contribution is -2.30. The van der Waals surface area contributed by atoms with Crippen molar-refractivity contribution in [2.24, 2.45) is 5.73 Å². The van der Waals surface area contributed by atoms with Gasteiger partial charge in [-0.25, -0.2) is 4.98 Å². The molecule has 104 valence electrons. The summed E-state index contributed by atoms with van der Waals surface area (Å²) in [5, 5.41) is 3.93. The third-order valence-electron chi connectivity index (χ3n) is 3.18. The second kappa shape index (κ2) is 4.42. The molecule has 0 saturated heterocycles. The van der Waals surface area contributed by atoms with Crippen molar-refractivity contribution in [1.82, 2.24) is 19.7 Å². The van der Waals surface area contributed by atoms with Gasteiger partial charge in [-0.15, -0.1) is 0 Å². The molecule has 0 aliphatic carbocycles. The highest BCUT2D eigenvalue weighted by atomic mass is 16.5. The molecule has 2 N–H and O–H groups in total. The quantitative estimate of drug-likeness (QED) is 0.787. The maximum Gasteiger partial charge on any atom is 0.246 e. The van der Waals surface area contributed by atoms with E-state index < -0.39 is 5.54 Å². The van der Waals surface area contributed by atoms with Gasteiger partial charge in [0.2, 0.25) is 5.89 Å². The van der Waals surface area contributed by atoms with E-state index in [-0.39, 0.29) is 0 Å². The fraction of sp³-hybridized carbons (Fsp3) is 0.357. The lowest BCUT2D eigenvalue weighted by Gasteiger charge is -2.11. The van der Waals surface area contributed by atoms with E-state index in [1.807, 2.05) is 45.0 Å². The van der Waals surface area contributed by atoms with Gasteiger partial charge in [0.05, 0.1) is 16.6 Å². The zero-order valence-corrected chi connectivity index (χ0v) is 11.8. The molecule has 3 aromatic rings. The van der Waals surface area contributed by atoms with Gasteiger partial charge in [-0.05, 0) is 32.9 Å². The second-order valence-corrected chi connectivity index (χ2v) is 5.47. The molecular weight excluding hydrogens is 254 g/mol. The lowest BCUT2D eigenvalue weighted by molar-refractivity contribution is 0.355. The number of hydrogen-bond donors (Lipinski definition) is 1. The van der Waals surface area contributed by atoms with Crippen LogP contribution in [-0.4, -0.2) is 19.7 Å². The normalized spacial score (nSPS) is 12.2. The molecule has 6 nitrogen and oxygen atoms in total. The van der Waals surface area contributed by atoms with Gasteiger partial charge in [-0.3, -0.25) is 0 Å². The van der Waals surface area contributed by atoms with Gasteiger partial charge in [-0.1, -0.05) is 17.3 Å². The van der Waals surface area contributed by atoms with Crippen LogP contribution in [0.25, 0.3) is 11.0 Å². The Labute approximate surface area is 116 Å². The molecule has 6 heteroatoms. The van der Waals surface area contributed by atoms with Crippen LogP contribution >= 0.6 is 0 Å². The molecule has 20 heavy (non-hydrogen) atoms. The van der Waals surface area contributed by atoms with E-state index in [1.54, 1.807) is 0 Å². The molecule has 3 rings (SSSR count). The highest BCUT2D eigenvalue weighted by Gasteiger charge is 2.22. The number of hydrogen-bond acceptors (Lipinski definition) is 5. The first-order valence-corrected chi connectivity index (χ1v) is 6.49. The molecule has 2 heterocycles. The molecule has 2 aromatic heterocycles. The maximum absolute atomic E-state index is 5.96. The summed E-state index contributed by atoms with van der Waals surface area (Å²) in [6.45, 7) is 6.15. The van der Waals surface area contributed by atoms with Crippen LogP contribution in [-0.2, 0) is 12.1 Å². The smallest absolute Gasteiger partial charge is 0.246 e. The van der Waals surface area contributed by atoms with Crippen molar-refractivity contribution < 1.29 is 4.52 Å². The Kier molecular flexibility index (Phi) is 2.83. The van der Waals surface area contributed by atoms with E-state index in [1.165, 1.54) is 0 Å². The number of nitrogens with two attached hydrogens (primary N) is 1. The molecule has 0 aliphatic heterocycles. The average Bonchev–Trinajstić information content (AvgIpc) is 2.95. The molecule has 0 atom stereocenters. The highest BCUT2D eigenvalue weighted by molar-refractivity contribution is 5.75. The fourth-order valence-electron chi connectivity index (χ4n) is 2.11. The minimum atomic E-state index is -0.603. The van der Waals surface area contributed by atoms with Crippen molar-refractivity contribution in [3.05, 3.63) is 41.8 Å². The van der Waals surface area contributed by atoms with Gasteiger partial charge in [0.15, 0.2) is 5.82 Å². The van der Waals surface area contributed by atoms with Crippen molar-refractivity contribution in [2.75, 3.05) is 0 Å². The van der Waals surface area contributed by atoms with E-state index >= 15 is 0 Å². The Morgan fingerprint density at radius 3 is 2.70 bits per heavy atom. The zero-order valence-electron chi connectivity index (χ0n) is 11.8. The molecule has 0 saturated carbocycles. The Bertz CT molecular complexity index is 750. The SMILES string of the molecule is Cc1nc2ccccc2n1Cc1nc(C(C)(C)N)no1. The Hall–Kier alpha value is -2.21. The molecule has 0 amide bonds. The van der Waals surface area contributed by atoms with E-state index in [4.69, 9.17) is 10.3 Å². The van der Waals surface area contributed by atoms with E-state index in [2.05, 4.69) is 19.7 Å². The summed E-state index contributed by atoms with van der Waals surface area (Å²) in [4.78, 5) is 8.87. The summed E-state index contributed by atoms with van der Waals surface area (Å²) >= 11 is 0. The third kappa shape index (κ3) is 2.18. The number of fused-ring (bicyclic) bond motifs is 1. The predicted octanol–water partition coefficient (Wildman–Crippen LogP) is 1.97. The highest BCUT2D eigenvalue weighted by Crippen LogP contribution is 2.18. The van der Waals surface area contributed by atoms with Gasteiger partial charge in [0, 0.05) is 0 Å². The van der Waals surface area contributed by atoms with Crippen LogP contribution in [0.3, 0.4) is 0 Å². The van der Waals surface area contributed by atoms with Crippen LogP contribution < -0.4 is 5.73 Å². The Morgan fingerprint density at radius 1 is 1.25 bits per heavy atom. The predicted molar refractivity (Wildman–Crippen MR) is 75.1 cm³/mol. The van der Waals surface area contributed by atoms with Crippen molar-refractivity contribution in [1.29, 1.82) is 0 Å². The largest absolute Gasteiger partial charge is 0.337 e. The van der Waals surface area contributed by atoms with E-state index in [0.717, 1.165) is 16.9 Å². The van der Waals surface area contributed by atoms with Crippen LogP contribution in [0.1, 0.15) is 31.4 Å². The van der Waals surface area contributed by atoms with Crippen LogP contribution in [0.4, 0.5) is 0 Å². The van der Waals surface area contributed by atoms with Crippen LogP contribution in [0, 0.1) is 6.92 Å².